The van der Waals surface area contributed by atoms with Crippen molar-refractivity contribution in [1.82, 2.24) is 9.80 Å². The molecule has 2 aromatic carbocycles. The van der Waals surface area contributed by atoms with Gasteiger partial charge in [-0.2, -0.15) is 0 Å². The number of amides is 1. The summed E-state index contributed by atoms with van der Waals surface area (Å²) >= 11 is 0. The molecule has 2 aliphatic heterocycles. The summed E-state index contributed by atoms with van der Waals surface area (Å²) in [7, 11) is 0. The standard InChI is InChI=1S/C24H30N2O3/c1-2-23(28)26-16-20-15-25(14-18-7-6-10-21(13-18)29-12-11-27)17-22(20)24(26)19-8-4-3-5-9-19/h3-10,13,20,22,24,27H,2,11-12,14-17H2,1H3/t20-,22-,24+/m0/s1. The predicted molar refractivity (Wildman–Crippen MR) is 112 cm³/mol. The van der Waals surface area contributed by atoms with E-state index in [1.165, 1.54) is 11.1 Å². The third-order valence-electron chi connectivity index (χ3n) is 6.17. The Morgan fingerprint density at radius 1 is 1.10 bits per heavy atom. The summed E-state index contributed by atoms with van der Waals surface area (Å²) in [6.45, 7) is 6.05. The largest absolute Gasteiger partial charge is 0.491 e. The van der Waals surface area contributed by atoms with Crippen molar-refractivity contribution in [2.45, 2.75) is 25.9 Å². The van der Waals surface area contributed by atoms with Crippen molar-refractivity contribution in [1.29, 1.82) is 0 Å². The lowest BCUT2D eigenvalue weighted by Crippen LogP contribution is -2.35. The van der Waals surface area contributed by atoms with Crippen molar-refractivity contribution in [3.8, 4) is 5.75 Å². The number of rotatable bonds is 7. The first-order chi connectivity index (χ1) is 14.2. The van der Waals surface area contributed by atoms with Crippen molar-refractivity contribution in [3.05, 3.63) is 65.7 Å². The molecule has 0 spiro atoms. The van der Waals surface area contributed by atoms with Gasteiger partial charge in [0.15, 0.2) is 0 Å². The number of hydrogen-bond donors (Lipinski definition) is 1. The third-order valence-corrected chi connectivity index (χ3v) is 6.17. The Hall–Kier alpha value is -2.37. The molecule has 1 N–H and O–H groups in total. The van der Waals surface area contributed by atoms with Crippen LogP contribution in [-0.2, 0) is 11.3 Å². The van der Waals surface area contributed by atoms with Gasteiger partial charge in [-0.25, -0.2) is 0 Å². The topological polar surface area (TPSA) is 53.0 Å². The van der Waals surface area contributed by atoms with E-state index >= 15 is 0 Å². The highest BCUT2D eigenvalue weighted by Gasteiger charge is 2.48. The van der Waals surface area contributed by atoms with E-state index in [2.05, 4.69) is 46.2 Å². The lowest BCUT2D eigenvalue weighted by atomic mass is 9.89. The molecule has 2 aliphatic rings. The summed E-state index contributed by atoms with van der Waals surface area (Å²) in [4.78, 5) is 17.2. The fourth-order valence-electron chi connectivity index (χ4n) is 4.96. The Bertz CT molecular complexity index is 826. The number of likely N-dealkylation sites (tertiary alicyclic amines) is 2. The van der Waals surface area contributed by atoms with Crippen LogP contribution in [0.1, 0.15) is 30.5 Å². The molecule has 1 amide bonds. The first kappa shape index (κ1) is 19.9. The predicted octanol–water partition coefficient (Wildman–Crippen LogP) is 3.10. The molecule has 3 atom stereocenters. The van der Waals surface area contributed by atoms with Crippen LogP contribution in [0.2, 0.25) is 0 Å². The summed E-state index contributed by atoms with van der Waals surface area (Å²) in [5.41, 5.74) is 2.47. The molecule has 0 aromatic heterocycles. The monoisotopic (exact) mass is 394 g/mol. The average molecular weight is 395 g/mol. The zero-order valence-corrected chi connectivity index (χ0v) is 17.0. The van der Waals surface area contributed by atoms with Gasteiger partial charge in [0.25, 0.3) is 0 Å². The van der Waals surface area contributed by atoms with Gasteiger partial charge in [-0.05, 0) is 29.2 Å². The van der Waals surface area contributed by atoms with Crippen LogP contribution in [0.3, 0.4) is 0 Å². The van der Waals surface area contributed by atoms with Gasteiger partial charge in [0, 0.05) is 38.5 Å². The van der Waals surface area contributed by atoms with Crippen molar-refractivity contribution in [2.24, 2.45) is 11.8 Å². The summed E-state index contributed by atoms with van der Waals surface area (Å²) in [5, 5.41) is 8.95. The fraction of sp³-hybridized carbons (Fsp3) is 0.458. The Morgan fingerprint density at radius 3 is 2.69 bits per heavy atom. The minimum absolute atomic E-state index is 0.0214. The lowest BCUT2D eigenvalue weighted by Gasteiger charge is -2.30. The van der Waals surface area contributed by atoms with Crippen molar-refractivity contribution < 1.29 is 14.6 Å². The van der Waals surface area contributed by atoms with Gasteiger partial charge in [0.1, 0.15) is 12.4 Å². The number of hydrogen-bond acceptors (Lipinski definition) is 4. The molecule has 0 saturated carbocycles. The van der Waals surface area contributed by atoms with E-state index in [1.807, 2.05) is 25.1 Å². The molecule has 2 fully saturated rings. The highest BCUT2D eigenvalue weighted by Crippen LogP contribution is 2.45. The first-order valence-corrected chi connectivity index (χ1v) is 10.6. The molecule has 5 heteroatoms. The molecule has 0 aliphatic carbocycles. The molecule has 2 saturated heterocycles. The van der Waals surface area contributed by atoms with Crippen LogP contribution in [0.25, 0.3) is 0 Å². The molecule has 2 heterocycles. The van der Waals surface area contributed by atoms with Crippen molar-refractivity contribution in [2.75, 3.05) is 32.8 Å². The average Bonchev–Trinajstić information content (AvgIpc) is 3.29. The second-order valence-electron chi connectivity index (χ2n) is 8.09. The number of aliphatic hydroxyl groups excluding tert-OH is 1. The molecule has 0 radical (unpaired) electrons. The maximum absolute atomic E-state index is 12.6. The molecule has 29 heavy (non-hydrogen) atoms. The van der Waals surface area contributed by atoms with Gasteiger partial charge in [-0.3, -0.25) is 9.69 Å². The number of fused-ring (bicyclic) bond motifs is 1. The molecular weight excluding hydrogens is 364 g/mol. The normalized spacial score (nSPS) is 23.9. The zero-order chi connectivity index (χ0) is 20.2. The quantitative estimate of drug-likeness (QED) is 0.784. The number of benzene rings is 2. The molecular formula is C24H30N2O3. The fourth-order valence-corrected chi connectivity index (χ4v) is 4.96. The Labute approximate surface area is 172 Å². The highest BCUT2D eigenvalue weighted by atomic mass is 16.5. The minimum atomic E-state index is 0.0214. The summed E-state index contributed by atoms with van der Waals surface area (Å²) in [6.07, 6.45) is 0.563. The van der Waals surface area contributed by atoms with E-state index in [1.54, 1.807) is 0 Å². The van der Waals surface area contributed by atoms with E-state index in [4.69, 9.17) is 9.84 Å². The van der Waals surface area contributed by atoms with Gasteiger partial charge in [0.2, 0.25) is 5.91 Å². The van der Waals surface area contributed by atoms with E-state index in [0.29, 0.717) is 24.9 Å². The van der Waals surface area contributed by atoms with Crippen LogP contribution < -0.4 is 4.74 Å². The smallest absolute Gasteiger partial charge is 0.222 e. The summed E-state index contributed by atoms with van der Waals surface area (Å²) in [6, 6.07) is 18.8. The van der Waals surface area contributed by atoms with E-state index in [-0.39, 0.29) is 18.6 Å². The minimum Gasteiger partial charge on any atom is -0.491 e. The molecule has 4 rings (SSSR count). The number of carbonyl (C=O) groups excluding carboxylic acids is 1. The van der Waals surface area contributed by atoms with Gasteiger partial charge in [-0.1, -0.05) is 49.4 Å². The van der Waals surface area contributed by atoms with Crippen LogP contribution in [-0.4, -0.2) is 53.7 Å². The van der Waals surface area contributed by atoms with Gasteiger partial charge in [-0.15, -0.1) is 0 Å². The van der Waals surface area contributed by atoms with Crippen LogP contribution in [0.5, 0.6) is 5.75 Å². The van der Waals surface area contributed by atoms with E-state index in [0.717, 1.165) is 31.9 Å². The van der Waals surface area contributed by atoms with Gasteiger partial charge < -0.3 is 14.7 Å². The molecule has 154 valence electrons. The Morgan fingerprint density at radius 2 is 1.93 bits per heavy atom. The third kappa shape index (κ3) is 4.31. The van der Waals surface area contributed by atoms with Crippen LogP contribution in [0, 0.1) is 11.8 Å². The number of aliphatic hydroxyl groups is 1. The molecule has 2 aromatic rings. The molecule has 0 bridgehead atoms. The maximum Gasteiger partial charge on any atom is 0.222 e. The van der Waals surface area contributed by atoms with Gasteiger partial charge >= 0.3 is 0 Å². The Balaban J connectivity index is 1.48. The second kappa shape index (κ2) is 8.97. The molecule has 5 nitrogen and oxygen atoms in total. The van der Waals surface area contributed by atoms with Gasteiger partial charge in [0.05, 0.1) is 12.6 Å². The van der Waals surface area contributed by atoms with Crippen molar-refractivity contribution >= 4 is 5.91 Å². The van der Waals surface area contributed by atoms with E-state index in [9.17, 15) is 4.79 Å². The zero-order valence-electron chi connectivity index (χ0n) is 17.0. The SMILES string of the molecule is CCC(=O)N1C[C@@H]2CN(Cc3cccc(OCCO)c3)C[C@@H]2[C@H]1c1ccccc1. The second-order valence-corrected chi connectivity index (χ2v) is 8.09. The highest BCUT2D eigenvalue weighted by molar-refractivity contribution is 5.77. The number of ether oxygens (including phenoxy) is 1. The first-order valence-electron chi connectivity index (χ1n) is 10.6. The number of nitrogens with zero attached hydrogens (tertiary/aromatic N) is 2. The van der Waals surface area contributed by atoms with Crippen molar-refractivity contribution in [3.63, 3.8) is 0 Å². The van der Waals surface area contributed by atoms with Crippen LogP contribution in [0.15, 0.2) is 54.6 Å². The Kier molecular flexibility index (Phi) is 6.16. The van der Waals surface area contributed by atoms with Crippen LogP contribution >= 0.6 is 0 Å². The molecule has 0 unspecified atom stereocenters. The van der Waals surface area contributed by atoms with Crippen LogP contribution in [0.4, 0.5) is 0 Å². The summed E-state index contributed by atoms with van der Waals surface area (Å²) < 4.78 is 5.55. The van der Waals surface area contributed by atoms with E-state index < -0.39 is 0 Å². The number of carbonyl (C=O) groups is 1. The lowest BCUT2D eigenvalue weighted by molar-refractivity contribution is -0.132. The maximum atomic E-state index is 12.6. The summed E-state index contributed by atoms with van der Waals surface area (Å²) in [5.74, 6) is 2.05.